The first-order valence-electron chi connectivity index (χ1n) is 11.3. The molecule has 4 aromatic rings. The minimum absolute atomic E-state index is 0.275. The molecule has 36 heavy (non-hydrogen) atoms. The standard InChI is InChI=1S/C30H21I2NO3/c1-19-6-5-7-20(14-19)18-35-28-25(31)15-21(16-26(28)32)17-27-30(34)36-29(33-27)24-12-10-23(11-13-24)22-8-3-2-4-9-22/h2-17H,18H2,1H3/b27-17-. The Morgan fingerprint density at radius 1 is 0.833 bits per heavy atom. The average Bonchev–Trinajstić information content (AvgIpc) is 3.24. The van der Waals surface area contributed by atoms with Crippen molar-refractivity contribution in [1.82, 2.24) is 0 Å². The van der Waals surface area contributed by atoms with E-state index in [4.69, 9.17) is 9.47 Å². The van der Waals surface area contributed by atoms with Crippen LogP contribution in [0.3, 0.4) is 0 Å². The first kappa shape index (κ1) is 24.7. The Labute approximate surface area is 237 Å². The number of hydrogen-bond donors (Lipinski definition) is 0. The van der Waals surface area contributed by atoms with Crippen LogP contribution < -0.4 is 4.74 Å². The third-order valence-corrected chi connectivity index (χ3v) is 7.25. The van der Waals surface area contributed by atoms with Gasteiger partial charge >= 0.3 is 5.97 Å². The minimum atomic E-state index is -0.457. The van der Waals surface area contributed by atoms with Crippen molar-refractivity contribution in [2.24, 2.45) is 4.99 Å². The Kier molecular flexibility index (Phi) is 7.52. The summed E-state index contributed by atoms with van der Waals surface area (Å²) in [6.45, 7) is 2.57. The number of benzene rings is 4. The van der Waals surface area contributed by atoms with E-state index in [1.807, 2.05) is 60.7 Å². The quantitative estimate of drug-likeness (QED) is 0.118. The van der Waals surface area contributed by atoms with E-state index in [0.29, 0.717) is 12.5 Å². The first-order valence-corrected chi connectivity index (χ1v) is 13.5. The molecule has 0 amide bonds. The summed E-state index contributed by atoms with van der Waals surface area (Å²) in [6.07, 6.45) is 1.75. The average molecular weight is 697 g/mol. The fraction of sp³-hybridized carbons (Fsp3) is 0.0667. The molecular formula is C30H21I2NO3. The number of aliphatic imine (C=N–C) groups is 1. The van der Waals surface area contributed by atoms with Crippen LogP contribution in [-0.4, -0.2) is 11.9 Å². The molecule has 0 saturated heterocycles. The van der Waals surface area contributed by atoms with Crippen molar-refractivity contribution in [1.29, 1.82) is 0 Å². The maximum absolute atomic E-state index is 12.5. The summed E-state index contributed by atoms with van der Waals surface area (Å²) in [4.78, 5) is 17.0. The van der Waals surface area contributed by atoms with Gasteiger partial charge in [0, 0.05) is 5.56 Å². The number of aryl methyl sites for hydroxylation is 1. The van der Waals surface area contributed by atoms with Gasteiger partial charge in [0.1, 0.15) is 12.4 Å². The van der Waals surface area contributed by atoms with Gasteiger partial charge in [0.25, 0.3) is 0 Å². The van der Waals surface area contributed by atoms with Crippen LogP contribution in [-0.2, 0) is 16.1 Å². The normalized spacial score (nSPS) is 14.0. The molecule has 0 N–H and O–H groups in total. The summed E-state index contributed by atoms with van der Waals surface area (Å²) in [5.41, 5.74) is 6.45. The second-order valence-electron chi connectivity index (χ2n) is 8.37. The molecule has 0 fully saturated rings. The second kappa shape index (κ2) is 11.0. The van der Waals surface area contributed by atoms with Crippen molar-refractivity contribution in [2.45, 2.75) is 13.5 Å². The smallest absolute Gasteiger partial charge is 0.363 e. The summed E-state index contributed by atoms with van der Waals surface area (Å²) in [6, 6.07) is 30.2. The zero-order valence-electron chi connectivity index (χ0n) is 19.4. The molecule has 0 aliphatic carbocycles. The molecule has 0 unspecified atom stereocenters. The van der Waals surface area contributed by atoms with Crippen molar-refractivity contribution in [3.63, 3.8) is 0 Å². The van der Waals surface area contributed by atoms with Gasteiger partial charge in [0.15, 0.2) is 5.70 Å². The first-order chi connectivity index (χ1) is 17.5. The largest absolute Gasteiger partial charge is 0.487 e. The van der Waals surface area contributed by atoms with Crippen molar-refractivity contribution < 1.29 is 14.3 Å². The van der Waals surface area contributed by atoms with Crippen LogP contribution in [0, 0.1) is 14.1 Å². The summed E-state index contributed by atoms with van der Waals surface area (Å²) in [7, 11) is 0. The predicted octanol–water partition coefficient (Wildman–Crippen LogP) is 7.79. The van der Waals surface area contributed by atoms with Crippen LogP contribution >= 0.6 is 45.2 Å². The lowest BCUT2D eigenvalue weighted by Crippen LogP contribution is -2.05. The molecule has 1 aliphatic rings. The van der Waals surface area contributed by atoms with Gasteiger partial charge in [0.2, 0.25) is 5.90 Å². The molecule has 1 aliphatic heterocycles. The molecule has 0 atom stereocenters. The maximum atomic E-state index is 12.5. The second-order valence-corrected chi connectivity index (χ2v) is 10.7. The number of cyclic esters (lactones) is 1. The van der Waals surface area contributed by atoms with Crippen LogP contribution in [0.1, 0.15) is 22.3 Å². The number of ether oxygens (including phenoxy) is 2. The highest BCUT2D eigenvalue weighted by molar-refractivity contribution is 14.1. The summed E-state index contributed by atoms with van der Waals surface area (Å²) in [5, 5.41) is 0. The van der Waals surface area contributed by atoms with Gasteiger partial charge < -0.3 is 9.47 Å². The molecule has 0 spiro atoms. The van der Waals surface area contributed by atoms with Crippen LogP contribution in [0.5, 0.6) is 5.75 Å². The van der Waals surface area contributed by atoms with E-state index in [2.05, 4.69) is 87.4 Å². The minimum Gasteiger partial charge on any atom is -0.487 e. The fourth-order valence-electron chi connectivity index (χ4n) is 3.88. The Balaban J connectivity index is 1.34. The topological polar surface area (TPSA) is 47.9 Å². The molecule has 0 bridgehead atoms. The SMILES string of the molecule is Cc1cccc(COc2c(I)cc(/C=C3\N=C(c4ccc(-c5ccccc5)cc4)OC3=O)cc2I)c1. The molecule has 4 nitrogen and oxygen atoms in total. The van der Waals surface area contributed by atoms with Crippen molar-refractivity contribution in [2.75, 3.05) is 0 Å². The number of hydrogen-bond acceptors (Lipinski definition) is 4. The van der Waals surface area contributed by atoms with Gasteiger partial charge in [-0.3, -0.25) is 0 Å². The van der Waals surface area contributed by atoms with Crippen LogP contribution in [0.2, 0.25) is 0 Å². The van der Waals surface area contributed by atoms with Gasteiger partial charge in [-0.2, -0.15) is 0 Å². The molecule has 1 heterocycles. The number of halogens is 2. The third kappa shape index (κ3) is 5.70. The fourth-order valence-corrected chi connectivity index (χ4v) is 6.01. The van der Waals surface area contributed by atoms with Gasteiger partial charge in [-0.1, -0.05) is 72.3 Å². The van der Waals surface area contributed by atoms with Gasteiger partial charge in [-0.05, 0) is 105 Å². The highest BCUT2D eigenvalue weighted by Gasteiger charge is 2.24. The number of carbonyl (C=O) groups excluding carboxylic acids is 1. The van der Waals surface area contributed by atoms with Gasteiger partial charge in [-0.15, -0.1) is 0 Å². The molecule has 178 valence electrons. The molecule has 6 heteroatoms. The lowest BCUT2D eigenvalue weighted by Gasteiger charge is -2.12. The van der Waals surface area contributed by atoms with E-state index in [1.54, 1.807) is 6.08 Å². The van der Waals surface area contributed by atoms with Crippen LogP contribution in [0.25, 0.3) is 17.2 Å². The summed E-state index contributed by atoms with van der Waals surface area (Å²) >= 11 is 4.53. The Morgan fingerprint density at radius 3 is 2.19 bits per heavy atom. The van der Waals surface area contributed by atoms with Gasteiger partial charge in [0.05, 0.1) is 7.14 Å². The van der Waals surface area contributed by atoms with Gasteiger partial charge in [-0.25, -0.2) is 9.79 Å². The van der Waals surface area contributed by atoms with E-state index in [0.717, 1.165) is 40.7 Å². The highest BCUT2D eigenvalue weighted by Crippen LogP contribution is 2.31. The number of rotatable bonds is 6. The van der Waals surface area contributed by atoms with E-state index < -0.39 is 5.97 Å². The van der Waals surface area contributed by atoms with Crippen LogP contribution in [0.15, 0.2) is 102 Å². The third-order valence-electron chi connectivity index (χ3n) is 5.65. The van der Waals surface area contributed by atoms with E-state index in [-0.39, 0.29) is 5.70 Å². The summed E-state index contributed by atoms with van der Waals surface area (Å²) < 4.78 is 13.5. The Bertz CT molecular complexity index is 1470. The van der Waals surface area contributed by atoms with E-state index in [1.165, 1.54) is 5.56 Å². The van der Waals surface area contributed by atoms with Crippen molar-refractivity contribution in [3.8, 4) is 16.9 Å². The molecule has 0 aromatic heterocycles. The van der Waals surface area contributed by atoms with E-state index in [9.17, 15) is 4.79 Å². The molecule has 4 aromatic carbocycles. The predicted molar refractivity (Wildman–Crippen MR) is 160 cm³/mol. The maximum Gasteiger partial charge on any atom is 0.363 e. The van der Waals surface area contributed by atoms with Crippen molar-refractivity contribution in [3.05, 3.63) is 126 Å². The molecule has 0 radical (unpaired) electrons. The van der Waals surface area contributed by atoms with Crippen LogP contribution in [0.4, 0.5) is 0 Å². The molecule has 0 saturated carbocycles. The Hall–Kier alpha value is -2.98. The zero-order chi connectivity index (χ0) is 25.1. The summed E-state index contributed by atoms with van der Waals surface area (Å²) in [5.74, 6) is 0.687. The molecule has 5 rings (SSSR count). The van der Waals surface area contributed by atoms with E-state index >= 15 is 0 Å². The lowest BCUT2D eigenvalue weighted by atomic mass is 10.0. The lowest BCUT2D eigenvalue weighted by molar-refractivity contribution is -0.129. The number of esters is 1. The van der Waals surface area contributed by atoms with Crippen molar-refractivity contribution >= 4 is 63.1 Å². The monoisotopic (exact) mass is 697 g/mol. The Morgan fingerprint density at radius 2 is 1.50 bits per heavy atom. The highest BCUT2D eigenvalue weighted by atomic mass is 127. The zero-order valence-corrected chi connectivity index (χ0v) is 23.7. The number of nitrogens with zero attached hydrogens (tertiary/aromatic N) is 1. The molecular weight excluding hydrogens is 676 g/mol. The number of carbonyl (C=O) groups is 1.